The number of aliphatic hydroxyl groups is 3. The van der Waals surface area contributed by atoms with Gasteiger partial charge in [-0.1, -0.05) is 79.5 Å². The molecule has 48 heteroatoms. The number of hydrogen-bond acceptors (Lipinski definition) is 37. The molecule has 616 valence electrons. The lowest BCUT2D eigenvalue weighted by atomic mass is 9.91. The van der Waals surface area contributed by atoms with Crippen LogP contribution in [0.15, 0.2) is 68.3 Å². The Morgan fingerprint density at radius 1 is 0.616 bits per heavy atom. The largest absolute Gasteiger partial charge is 0.475 e. The number of aromatic nitrogens is 12. The zero-order valence-corrected chi connectivity index (χ0v) is 69.7. The van der Waals surface area contributed by atoms with E-state index in [0.29, 0.717) is 39.9 Å². The molecule has 6 aromatic heterocycles. The van der Waals surface area contributed by atoms with E-state index < -0.39 is 116 Å². The molecule has 12 rings (SSSR count). The van der Waals surface area contributed by atoms with E-state index in [9.17, 15) is 48.2 Å². The van der Waals surface area contributed by atoms with E-state index in [1.54, 1.807) is 76.0 Å². The molecule has 0 spiro atoms. The van der Waals surface area contributed by atoms with E-state index in [2.05, 4.69) is 60.0 Å². The number of halogens is 3. The summed E-state index contributed by atoms with van der Waals surface area (Å²) in [5.41, 5.74) is 18.4. The summed E-state index contributed by atoms with van der Waals surface area (Å²) in [4.78, 5) is 81.8. The third-order valence-corrected chi connectivity index (χ3v) is 27.6. The van der Waals surface area contributed by atoms with Crippen LogP contribution in [0.3, 0.4) is 0 Å². The van der Waals surface area contributed by atoms with E-state index >= 15 is 0 Å². The molecular weight excluding hydrogens is 1650 g/mol. The first-order chi connectivity index (χ1) is 52.7. The van der Waals surface area contributed by atoms with Gasteiger partial charge in [0.15, 0.2) is 68.4 Å². The number of carbonyl (C=O) groups is 4. The summed E-state index contributed by atoms with van der Waals surface area (Å²) in [6.07, 6.45) is 0.620. The molecule has 1 unspecified atom stereocenters. The molecular formula is C64H89Cl3N17O22P3S3. The molecule has 5 aliphatic heterocycles. The first kappa shape index (κ1) is 88.9. The number of carbonyl (C=O) groups excluding carboxylic acids is 4. The number of fused-ring (bicyclic) bond motifs is 5. The van der Waals surface area contributed by atoms with Crippen LogP contribution in [0.25, 0.3) is 33.5 Å². The zero-order valence-electron chi connectivity index (χ0n) is 62.3. The van der Waals surface area contributed by atoms with Gasteiger partial charge in [0, 0.05) is 35.8 Å². The summed E-state index contributed by atoms with van der Waals surface area (Å²) < 4.78 is 112. The van der Waals surface area contributed by atoms with Crippen molar-refractivity contribution in [1.29, 1.82) is 0 Å². The quantitative estimate of drug-likeness (QED) is 0.0125. The highest BCUT2D eigenvalue weighted by Gasteiger charge is 2.62. The Kier molecular flexibility index (Phi) is 29.1. The SMILES string of the molecule is CC(C)(CO)C(=O)SCCO[P@@]1(=O)OC[C@H]2O[C@@H](n3cnc4c(N)ncnc43)[C@](C)(Cl)[C@@H]2O1.CC(C)(CO)C(=O)SCCO[P@]1(=O)OC[C@H]2O[C@@H](n3cnc4c(N)ncnc43)[C@](C)(Cl)[C@@H]2O1.COC(=O)NCCC(C)(C)C(=O)SCCOP(=O)(NCc1ccccc1)OC[C@H]1O[C@@H](n2cnc3c(N)ncnc32)[C@](C)(Cl)[C@@H]1O. The molecule has 11 heterocycles. The normalized spacial score (nSPS) is 28.4. The van der Waals surface area contributed by atoms with Crippen LogP contribution < -0.4 is 27.6 Å². The zero-order chi connectivity index (χ0) is 81.6. The highest BCUT2D eigenvalue weighted by atomic mass is 35.5. The molecule has 7 aromatic rings. The number of rotatable bonds is 29. The molecule has 1 aromatic carbocycles. The van der Waals surface area contributed by atoms with Crippen molar-refractivity contribution in [2.45, 2.75) is 145 Å². The minimum atomic E-state index is -3.99. The van der Waals surface area contributed by atoms with E-state index in [-0.39, 0.29) is 116 Å². The number of nitrogens with one attached hydrogen (secondary N) is 2. The smallest absolute Gasteiger partial charge is 0.453 e. The Morgan fingerprint density at radius 3 is 1.45 bits per heavy atom. The third-order valence-electron chi connectivity index (χ3n) is 18.4. The number of hydrogen-bond donors (Lipinski definition) is 8. The van der Waals surface area contributed by atoms with Gasteiger partial charge in [0.2, 0.25) is 0 Å². The van der Waals surface area contributed by atoms with Crippen molar-refractivity contribution in [3.63, 3.8) is 0 Å². The number of alkyl halides is 3. The number of benzene rings is 1. The fourth-order valence-corrected chi connectivity index (χ4v) is 19.8. The predicted octanol–water partition coefficient (Wildman–Crippen LogP) is 7.87. The lowest BCUT2D eigenvalue weighted by molar-refractivity contribution is -0.120. The van der Waals surface area contributed by atoms with E-state index in [1.807, 2.05) is 30.3 Å². The number of nitrogens with zero attached hydrogens (tertiary/aromatic N) is 12. The summed E-state index contributed by atoms with van der Waals surface area (Å²) in [6.45, 7) is 14.3. The van der Waals surface area contributed by atoms with E-state index in [4.69, 9.17) is 102 Å². The monoisotopic (exact) mass is 1740 g/mol. The van der Waals surface area contributed by atoms with Gasteiger partial charge in [-0.25, -0.2) is 68.4 Å². The topological polar surface area (TPSA) is 524 Å². The van der Waals surface area contributed by atoms with Gasteiger partial charge in [0.05, 0.1) is 89.8 Å². The van der Waals surface area contributed by atoms with Gasteiger partial charge in [-0.05, 0) is 60.5 Å². The van der Waals surface area contributed by atoms with Crippen LogP contribution in [-0.4, -0.2) is 230 Å². The average molecular weight is 1740 g/mol. The van der Waals surface area contributed by atoms with Gasteiger partial charge in [-0.2, -0.15) is 0 Å². The van der Waals surface area contributed by atoms with Gasteiger partial charge >= 0.3 is 29.5 Å². The maximum atomic E-state index is 13.9. The number of amides is 1. The molecule has 0 saturated carbocycles. The fraction of sp³-hybridized carbons (Fsp3) is 0.609. The number of alkyl carbamates (subject to hydrolysis) is 1. The van der Waals surface area contributed by atoms with E-state index in [0.717, 1.165) is 40.8 Å². The Hall–Kier alpha value is -5.44. The molecule has 39 nitrogen and oxygen atoms in total. The Balaban J connectivity index is 0.000000182. The summed E-state index contributed by atoms with van der Waals surface area (Å²) in [6, 6.07) is 9.25. The number of aliphatic hydroxyl groups excluding tert-OH is 3. The lowest BCUT2D eigenvalue weighted by Crippen LogP contribution is -2.44. The van der Waals surface area contributed by atoms with E-state index in [1.165, 1.54) is 45.1 Å². The maximum Gasteiger partial charge on any atom is 0.475 e. The second-order valence-electron chi connectivity index (χ2n) is 28.4. The average Bonchev–Trinajstić information content (AvgIpc) is 1.57. The van der Waals surface area contributed by atoms with Crippen LogP contribution in [0.2, 0.25) is 0 Å². The van der Waals surface area contributed by atoms with Crippen molar-refractivity contribution < 1.29 is 103 Å². The van der Waals surface area contributed by atoms with Gasteiger partial charge in [-0.3, -0.25) is 64.3 Å². The standard InChI is InChI=1S/C28H39ClN7O8PS.2C18H25ClN5O7PS/c1-27(2,10-11-31-26(39)41-4)25(38)46-13-12-42-45(40,35-14-18-8-6-5-7-9-18)43-15-19-21(37)28(3,29)24(44-19)36-17-34-20-22(30)32-16-33-23(20)36;2*1-17(2,7-25)16(26)33-5-4-28-32(27)29-6-10-12(31-32)18(3,19)15(30-10)24-9-23-11-13(20)21-8-22-14(11)24/h5-9,16-17,19,21,24,37H,10-15H2,1-4H3,(H,31,39)(H,35,40)(H2,30,32,33);2*8-10,12,15,25H,4-7H2,1-3H3,(H2,20,21,22)/t19-,21-,24-,28-,45?;10-,12-,15-,18-,32+;10-,12-,15-,18-,32-/m111/s1. The Morgan fingerprint density at radius 2 is 1.03 bits per heavy atom. The number of imidazole rings is 3. The lowest BCUT2D eigenvalue weighted by Gasteiger charge is -2.34. The van der Waals surface area contributed by atoms with Crippen LogP contribution in [0.1, 0.15) is 93.0 Å². The molecule has 0 radical (unpaired) electrons. The number of phosphoric ester groups is 2. The number of nitrogen functional groups attached to an aromatic ring is 3. The molecule has 1 amide bonds. The predicted molar refractivity (Wildman–Crippen MR) is 414 cm³/mol. The first-order valence-corrected chi connectivity index (χ1v) is 43.2. The molecule has 0 aliphatic carbocycles. The van der Waals surface area contributed by atoms with Crippen molar-refractivity contribution >= 4 is 166 Å². The maximum absolute atomic E-state index is 13.9. The first-order valence-electron chi connectivity index (χ1n) is 34.6. The number of methoxy groups -OCH3 is 1. The van der Waals surface area contributed by atoms with Crippen molar-refractivity contribution in [3.05, 3.63) is 73.9 Å². The molecule has 112 heavy (non-hydrogen) atoms. The molecule has 5 aliphatic rings. The molecule has 15 atom stereocenters. The Bertz CT molecular complexity index is 4470. The summed E-state index contributed by atoms with van der Waals surface area (Å²) in [7, 11) is -10.6. The van der Waals surface area contributed by atoms with Crippen molar-refractivity contribution in [3.8, 4) is 0 Å². The van der Waals surface area contributed by atoms with Crippen LogP contribution >= 0.6 is 93.5 Å². The second-order valence-corrected chi connectivity index (χ2v) is 39.1. The van der Waals surface area contributed by atoms with Crippen molar-refractivity contribution in [2.75, 3.05) is 101 Å². The molecule has 11 N–H and O–H groups in total. The second kappa shape index (κ2) is 36.6. The van der Waals surface area contributed by atoms with Gasteiger partial charge in [-0.15, -0.1) is 34.8 Å². The summed E-state index contributed by atoms with van der Waals surface area (Å²) >= 11 is 23.5. The molecule has 5 fully saturated rings. The minimum Gasteiger partial charge on any atom is -0.453 e. The van der Waals surface area contributed by atoms with Crippen LogP contribution in [0, 0.1) is 16.2 Å². The number of ether oxygens (including phenoxy) is 4. The van der Waals surface area contributed by atoms with Crippen LogP contribution in [0.4, 0.5) is 22.2 Å². The number of thioether (sulfide) groups is 3. The van der Waals surface area contributed by atoms with Gasteiger partial charge in [0.25, 0.3) is 0 Å². The summed E-state index contributed by atoms with van der Waals surface area (Å²) in [5, 5.41) is 34.6. The number of nitrogens with two attached hydrogens (primary N) is 3. The number of phosphoric acid groups is 2. The molecule has 5 saturated heterocycles. The highest BCUT2D eigenvalue weighted by molar-refractivity contribution is 8.14. The summed E-state index contributed by atoms with van der Waals surface area (Å²) in [5.74, 6) is 1.25. The highest BCUT2D eigenvalue weighted by Crippen LogP contribution is 2.62. The van der Waals surface area contributed by atoms with Gasteiger partial charge < -0.3 is 56.8 Å². The van der Waals surface area contributed by atoms with Gasteiger partial charge in [0.1, 0.15) is 86.8 Å². The van der Waals surface area contributed by atoms with Crippen molar-refractivity contribution in [1.82, 2.24) is 69.0 Å². The fourth-order valence-electron chi connectivity index (χ4n) is 11.6. The Labute approximate surface area is 670 Å². The third kappa shape index (κ3) is 20.4. The number of anilines is 3. The molecule has 0 bridgehead atoms. The minimum absolute atomic E-state index is 0.0573. The van der Waals surface area contributed by atoms with Crippen LogP contribution in [-0.2, 0) is 89.8 Å². The van der Waals surface area contributed by atoms with Crippen LogP contribution in [0.5, 0.6) is 0 Å². The van der Waals surface area contributed by atoms with Crippen molar-refractivity contribution in [2.24, 2.45) is 16.2 Å².